The number of para-hydroxylation sites is 1. The molecule has 0 atom stereocenters. The number of pyridine rings is 1. The number of carbonyl (C=O) groups is 1. The summed E-state index contributed by atoms with van der Waals surface area (Å²) in [5, 5.41) is 13.7. The summed E-state index contributed by atoms with van der Waals surface area (Å²) in [7, 11) is 5.69. The smallest absolute Gasteiger partial charge is 0.305 e. The third-order valence-corrected chi connectivity index (χ3v) is 8.21. The van der Waals surface area contributed by atoms with Gasteiger partial charge < -0.3 is 28.8 Å². The minimum Gasteiger partial charge on any atom is -0.868 e. The van der Waals surface area contributed by atoms with Crippen LogP contribution in [-0.4, -0.2) is 61.3 Å². The average Bonchev–Trinajstić information content (AvgIpc) is 2.86. The molecule has 1 saturated heterocycles. The summed E-state index contributed by atoms with van der Waals surface area (Å²) in [5.41, 5.74) is 0.819. The van der Waals surface area contributed by atoms with Gasteiger partial charge in [0.2, 0.25) is 10.6 Å². The van der Waals surface area contributed by atoms with Gasteiger partial charge in [-0.25, -0.2) is 0 Å². The minimum atomic E-state index is -0.517. The van der Waals surface area contributed by atoms with E-state index >= 15 is 0 Å². The first-order chi connectivity index (χ1) is 15.9. The zero-order valence-corrected chi connectivity index (χ0v) is 19.9. The first kappa shape index (κ1) is 22.8. The molecule has 0 radical (unpaired) electrons. The molecule has 9 heteroatoms. The Balaban J connectivity index is 1.58. The second-order valence-electron chi connectivity index (χ2n) is 7.65. The van der Waals surface area contributed by atoms with Crippen LogP contribution >= 0.6 is 0 Å². The summed E-state index contributed by atoms with van der Waals surface area (Å²) in [6, 6.07) is 10.4. The molecule has 174 valence electrons. The Labute approximate surface area is 194 Å². The Morgan fingerprint density at radius 1 is 1.00 bits per heavy atom. The van der Waals surface area contributed by atoms with Crippen molar-refractivity contribution in [2.45, 2.75) is 4.90 Å². The maximum Gasteiger partial charge on any atom is 0.305 e. The molecule has 0 bridgehead atoms. The third-order valence-electron chi connectivity index (χ3n) is 5.92. The fraction of sp³-hybridized carbons (Fsp3) is 0.333. The van der Waals surface area contributed by atoms with E-state index in [2.05, 4.69) is 0 Å². The maximum absolute atomic E-state index is 13.2. The molecule has 1 amide bonds. The first-order valence-electron chi connectivity index (χ1n) is 10.5. The van der Waals surface area contributed by atoms with Crippen molar-refractivity contribution in [3.63, 3.8) is 0 Å². The van der Waals surface area contributed by atoms with Crippen LogP contribution in [0.3, 0.4) is 0 Å². The number of fused-ring (bicyclic) bond motifs is 1. The molecule has 33 heavy (non-hydrogen) atoms. The number of benzene rings is 2. The summed E-state index contributed by atoms with van der Waals surface area (Å²) >= 11 is 0. The Kier molecular flexibility index (Phi) is 6.42. The van der Waals surface area contributed by atoms with Crippen LogP contribution in [0.25, 0.3) is 10.9 Å². The predicted octanol–water partition coefficient (Wildman–Crippen LogP) is 1.77. The van der Waals surface area contributed by atoms with Gasteiger partial charge in [-0.1, -0.05) is 18.2 Å². The van der Waals surface area contributed by atoms with Crippen molar-refractivity contribution < 1.29 is 24.1 Å². The molecule has 0 N–H and O–H groups in total. The van der Waals surface area contributed by atoms with Crippen molar-refractivity contribution in [1.29, 1.82) is 0 Å². The minimum absolute atomic E-state index is 0.161. The highest BCUT2D eigenvalue weighted by atomic mass is 32.2. The van der Waals surface area contributed by atoms with Crippen LogP contribution in [0.2, 0.25) is 0 Å². The van der Waals surface area contributed by atoms with Gasteiger partial charge in [0.25, 0.3) is 5.91 Å². The Hall–Kier alpha value is -3.33. The fourth-order valence-electron chi connectivity index (χ4n) is 4.14. The number of nitrogens with zero attached hydrogens (tertiary/aromatic N) is 2. The zero-order chi connectivity index (χ0) is 23.7. The third kappa shape index (κ3) is 3.97. The van der Waals surface area contributed by atoms with Crippen LogP contribution in [0, 0.1) is 0 Å². The lowest BCUT2D eigenvalue weighted by Gasteiger charge is -2.28. The quantitative estimate of drug-likeness (QED) is 0.528. The van der Waals surface area contributed by atoms with Crippen molar-refractivity contribution >= 4 is 27.7 Å². The molecular weight excluding hydrogens is 444 g/mol. The predicted molar refractivity (Wildman–Crippen MR) is 126 cm³/mol. The lowest BCUT2D eigenvalue weighted by Crippen LogP contribution is -2.45. The Morgan fingerprint density at radius 3 is 2.18 bits per heavy atom. The number of aryl methyl sites for hydroxylation is 1. The van der Waals surface area contributed by atoms with E-state index < -0.39 is 10.9 Å². The standard InChI is InChI=1S/C24H26N2O6S/c1-25-17-8-6-5-7-16(17)20(27)22(24(25)29)33-11-9-26(10-12-33)23(28)15-13-18(30-2)21(32-4)19(14-15)31-3/h5-8,13-14H,9-12H2,1-4H3. The van der Waals surface area contributed by atoms with Gasteiger partial charge in [-0.05, 0) is 29.3 Å². The molecule has 2 heterocycles. The van der Waals surface area contributed by atoms with E-state index in [9.17, 15) is 14.7 Å². The topological polar surface area (TPSA) is 93.1 Å². The summed E-state index contributed by atoms with van der Waals surface area (Å²) < 4.78 is 17.6. The number of ether oxygens (including phenoxy) is 3. The number of amides is 1. The van der Waals surface area contributed by atoms with Crippen LogP contribution < -0.4 is 24.9 Å². The fourth-order valence-corrected chi connectivity index (χ4v) is 6.39. The summed E-state index contributed by atoms with van der Waals surface area (Å²) in [6.45, 7) is 0.905. The van der Waals surface area contributed by atoms with Crippen molar-refractivity contribution in [3.05, 3.63) is 52.3 Å². The molecule has 0 unspecified atom stereocenters. The molecule has 0 spiro atoms. The number of rotatable bonds is 5. The molecule has 8 nitrogen and oxygen atoms in total. The van der Waals surface area contributed by atoms with Crippen LogP contribution in [0.15, 0.2) is 46.1 Å². The van der Waals surface area contributed by atoms with E-state index in [0.29, 0.717) is 63.2 Å². The van der Waals surface area contributed by atoms with E-state index in [1.807, 2.05) is 6.07 Å². The van der Waals surface area contributed by atoms with E-state index in [4.69, 9.17) is 14.2 Å². The van der Waals surface area contributed by atoms with Gasteiger partial charge in [0, 0.05) is 23.5 Å². The summed E-state index contributed by atoms with van der Waals surface area (Å²) in [6.07, 6.45) is 0. The molecule has 1 aromatic heterocycles. The SMILES string of the molecule is COc1cc(C(=O)N2CC[S+](c3c([O-])c4ccccc4n(C)c3=O)CC2)cc(OC)c1OC. The van der Waals surface area contributed by atoms with Crippen molar-refractivity contribution in [2.75, 3.05) is 45.9 Å². The molecule has 1 aliphatic rings. The number of hydrogen-bond acceptors (Lipinski definition) is 6. The largest absolute Gasteiger partial charge is 0.868 e. The van der Waals surface area contributed by atoms with Crippen LogP contribution in [-0.2, 0) is 17.9 Å². The van der Waals surface area contributed by atoms with E-state index in [0.717, 1.165) is 0 Å². The lowest BCUT2D eigenvalue weighted by molar-refractivity contribution is -0.270. The van der Waals surface area contributed by atoms with E-state index in [1.165, 1.54) is 21.3 Å². The molecular formula is C24H26N2O6S. The number of methoxy groups -OCH3 is 3. The van der Waals surface area contributed by atoms with Gasteiger partial charge in [-0.3, -0.25) is 9.59 Å². The second-order valence-corrected chi connectivity index (χ2v) is 9.86. The van der Waals surface area contributed by atoms with Crippen molar-refractivity contribution in [3.8, 4) is 23.0 Å². The summed E-state index contributed by atoms with van der Waals surface area (Å²) in [4.78, 5) is 28.3. The number of hydrogen-bond donors (Lipinski definition) is 0. The van der Waals surface area contributed by atoms with Gasteiger partial charge in [-0.15, -0.1) is 0 Å². The Morgan fingerprint density at radius 2 is 1.61 bits per heavy atom. The maximum atomic E-state index is 13.2. The van der Waals surface area contributed by atoms with Gasteiger partial charge in [0.05, 0.1) is 39.9 Å². The molecule has 4 rings (SSSR count). The highest BCUT2D eigenvalue weighted by molar-refractivity contribution is 7.97. The summed E-state index contributed by atoms with van der Waals surface area (Å²) in [5.74, 6) is 2.03. The van der Waals surface area contributed by atoms with Crippen molar-refractivity contribution in [2.24, 2.45) is 7.05 Å². The monoisotopic (exact) mass is 470 g/mol. The lowest BCUT2D eigenvalue weighted by atomic mass is 10.1. The van der Waals surface area contributed by atoms with Gasteiger partial charge in [0.15, 0.2) is 11.5 Å². The molecule has 0 saturated carbocycles. The second kappa shape index (κ2) is 9.27. The highest BCUT2D eigenvalue weighted by Crippen LogP contribution is 2.38. The zero-order valence-electron chi connectivity index (χ0n) is 19.0. The first-order valence-corrected chi connectivity index (χ1v) is 12.0. The molecule has 3 aromatic rings. The normalized spacial score (nSPS) is 14.4. The molecule has 2 aromatic carbocycles. The number of aromatic nitrogens is 1. The molecule has 1 fully saturated rings. The van der Waals surface area contributed by atoms with Crippen molar-refractivity contribution in [1.82, 2.24) is 9.47 Å². The molecule has 0 aliphatic carbocycles. The van der Waals surface area contributed by atoms with E-state index in [-0.39, 0.29) is 17.2 Å². The highest BCUT2D eigenvalue weighted by Gasteiger charge is 2.35. The number of carbonyl (C=O) groups excluding carboxylic acids is 1. The Bertz CT molecular complexity index is 1240. The van der Waals surface area contributed by atoms with Crippen LogP contribution in [0.1, 0.15) is 10.4 Å². The van der Waals surface area contributed by atoms with Gasteiger partial charge >= 0.3 is 5.56 Å². The average molecular weight is 471 g/mol. The van der Waals surface area contributed by atoms with Crippen LogP contribution in [0.5, 0.6) is 23.0 Å². The van der Waals surface area contributed by atoms with Gasteiger partial charge in [0.1, 0.15) is 11.5 Å². The van der Waals surface area contributed by atoms with E-state index in [1.54, 1.807) is 46.8 Å². The van der Waals surface area contributed by atoms with Crippen LogP contribution in [0.4, 0.5) is 0 Å². The van der Waals surface area contributed by atoms with Gasteiger partial charge in [-0.2, -0.15) is 0 Å². The molecule has 1 aliphatic heterocycles.